The van der Waals surface area contributed by atoms with Gasteiger partial charge >= 0.3 is 0 Å². The van der Waals surface area contributed by atoms with Crippen LogP contribution in [-0.2, 0) is 11.2 Å². The van der Waals surface area contributed by atoms with E-state index in [2.05, 4.69) is 15.1 Å². The maximum atomic E-state index is 12.7. The Bertz CT molecular complexity index is 1070. The molecule has 1 aromatic carbocycles. The molecule has 1 amide bonds. The van der Waals surface area contributed by atoms with E-state index in [0.29, 0.717) is 35.5 Å². The largest absolute Gasteiger partial charge is 0.352 e. The highest BCUT2D eigenvalue weighted by molar-refractivity contribution is 6.42. The first-order valence-electron chi connectivity index (χ1n) is 9.77. The van der Waals surface area contributed by atoms with Crippen LogP contribution >= 0.6 is 23.2 Å². The molecular formula is C20H20Cl2N6O. The molecule has 0 unspecified atom stereocenters. The number of carbonyl (C=O) groups is 1. The van der Waals surface area contributed by atoms with Crippen molar-refractivity contribution in [3.05, 3.63) is 51.8 Å². The number of halogens is 2. The number of fused-ring (bicyclic) bond motifs is 1. The van der Waals surface area contributed by atoms with Gasteiger partial charge in [0.15, 0.2) is 11.5 Å². The minimum atomic E-state index is 0.0984. The summed E-state index contributed by atoms with van der Waals surface area (Å²) in [5.74, 6) is 2.44. The van der Waals surface area contributed by atoms with E-state index in [-0.39, 0.29) is 5.91 Å². The molecule has 2 aliphatic rings. The highest BCUT2D eigenvalue weighted by Crippen LogP contribution is 2.38. The molecule has 1 aliphatic carbocycles. The molecule has 1 saturated carbocycles. The number of benzene rings is 1. The Labute approximate surface area is 178 Å². The summed E-state index contributed by atoms with van der Waals surface area (Å²) in [7, 11) is 0. The summed E-state index contributed by atoms with van der Waals surface area (Å²) in [5.41, 5.74) is 1.66. The normalized spacial score (nSPS) is 17.2. The number of aromatic nitrogens is 4. The maximum absolute atomic E-state index is 12.7. The monoisotopic (exact) mass is 430 g/mol. The SMILES string of the molecule is O=C(Cc1ccc(Cl)c(Cl)c1)N1CCN(c2ccc3nnc(C4CC4)n3n2)CC1. The van der Waals surface area contributed by atoms with Crippen LogP contribution < -0.4 is 4.90 Å². The fraction of sp³-hybridized carbons (Fsp3) is 0.400. The number of rotatable bonds is 4. The van der Waals surface area contributed by atoms with Crippen molar-refractivity contribution in [2.75, 3.05) is 31.1 Å². The number of nitrogens with zero attached hydrogens (tertiary/aromatic N) is 6. The summed E-state index contributed by atoms with van der Waals surface area (Å²) >= 11 is 12.0. The van der Waals surface area contributed by atoms with Crippen LogP contribution in [0.25, 0.3) is 5.65 Å². The van der Waals surface area contributed by atoms with Gasteiger partial charge in [-0.15, -0.1) is 15.3 Å². The van der Waals surface area contributed by atoms with Gasteiger partial charge < -0.3 is 9.80 Å². The zero-order chi connectivity index (χ0) is 20.0. The molecule has 29 heavy (non-hydrogen) atoms. The minimum Gasteiger partial charge on any atom is -0.352 e. The number of piperazine rings is 1. The first-order valence-corrected chi connectivity index (χ1v) is 10.5. The van der Waals surface area contributed by atoms with E-state index < -0.39 is 0 Å². The van der Waals surface area contributed by atoms with Crippen molar-refractivity contribution in [1.29, 1.82) is 0 Å². The molecular weight excluding hydrogens is 411 g/mol. The lowest BCUT2D eigenvalue weighted by molar-refractivity contribution is -0.130. The molecule has 0 atom stereocenters. The minimum absolute atomic E-state index is 0.0984. The summed E-state index contributed by atoms with van der Waals surface area (Å²) in [5, 5.41) is 14.2. The third kappa shape index (κ3) is 3.76. The van der Waals surface area contributed by atoms with Crippen LogP contribution in [0.2, 0.25) is 10.0 Å². The van der Waals surface area contributed by atoms with E-state index >= 15 is 0 Å². The molecule has 1 saturated heterocycles. The van der Waals surface area contributed by atoms with Gasteiger partial charge in [-0.1, -0.05) is 29.3 Å². The van der Waals surface area contributed by atoms with E-state index in [0.717, 1.165) is 48.8 Å². The molecule has 150 valence electrons. The summed E-state index contributed by atoms with van der Waals surface area (Å²) in [6, 6.07) is 9.27. The number of carbonyl (C=O) groups excluding carboxylic acids is 1. The Morgan fingerprint density at radius 1 is 1.00 bits per heavy atom. The average Bonchev–Trinajstić information content (AvgIpc) is 3.49. The Hall–Kier alpha value is -2.38. The van der Waals surface area contributed by atoms with E-state index in [9.17, 15) is 4.79 Å². The van der Waals surface area contributed by atoms with Crippen LogP contribution in [0, 0.1) is 0 Å². The summed E-state index contributed by atoms with van der Waals surface area (Å²) in [6.07, 6.45) is 2.64. The van der Waals surface area contributed by atoms with Crippen molar-refractivity contribution in [3.63, 3.8) is 0 Å². The smallest absolute Gasteiger partial charge is 0.227 e. The van der Waals surface area contributed by atoms with Gasteiger partial charge in [-0.25, -0.2) is 0 Å². The molecule has 9 heteroatoms. The quantitative estimate of drug-likeness (QED) is 0.635. The fourth-order valence-corrected chi connectivity index (χ4v) is 4.00. The zero-order valence-corrected chi connectivity index (χ0v) is 17.3. The highest BCUT2D eigenvalue weighted by Gasteiger charge is 2.30. The standard InChI is InChI=1S/C20H20Cl2N6O/c21-15-4-1-13(11-16(15)22)12-19(29)27-9-7-26(8-10-27)18-6-5-17-23-24-20(14-2-3-14)28(17)25-18/h1,4-6,11,14H,2-3,7-10,12H2. The number of hydrogen-bond donors (Lipinski definition) is 0. The number of amides is 1. The lowest BCUT2D eigenvalue weighted by atomic mass is 10.1. The third-order valence-electron chi connectivity index (χ3n) is 5.51. The van der Waals surface area contributed by atoms with Crippen molar-refractivity contribution in [2.45, 2.75) is 25.2 Å². The molecule has 0 radical (unpaired) electrons. The molecule has 2 fully saturated rings. The van der Waals surface area contributed by atoms with E-state index in [1.54, 1.807) is 12.1 Å². The first-order chi connectivity index (χ1) is 14.1. The van der Waals surface area contributed by atoms with Crippen LogP contribution in [0.5, 0.6) is 0 Å². The van der Waals surface area contributed by atoms with Crippen molar-refractivity contribution < 1.29 is 4.79 Å². The number of anilines is 1. The van der Waals surface area contributed by atoms with Crippen LogP contribution in [0.1, 0.15) is 30.1 Å². The third-order valence-corrected chi connectivity index (χ3v) is 6.25. The predicted molar refractivity (Wildman–Crippen MR) is 112 cm³/mol. The van der Waals surface area contributed by atoms with Crippen molar-refractivity contribution in [2.24, 2.45) is 0 Å². The van der Waals surface area contributed by atoms with E-state index in [4.69, 9.17) is 28.3 Å². The molecule has 5 rings (SSSR count). The summed E-state index contributed by atoms with van der Waals surface area (Å²) < 4.78 is 1.87. The van der Waals surface area contributed by atoms with Crippen LogP contribution in [0.3, 0.4) is 0 Å². The fourth-order valence-electron chi connectivity index (χ4n) is 3.68. The van der Waals surface area contributed by atoms with Gasteiger partial charge in [0.05, 0.1) is 16.5 Å². The first kappa shape index (κ1) is 18.6. The van der Waals surface area contributed by atoms with Crippen LogP contribution in [0.15, 0.2) is 30.3 Å². The Morgan fingerprint density at radius 3 is 2.52 bits per heavy atom. The topological polar surface area (TPSA) is 66.6 Å². The van der Waals surface area contributed by atoms with Gasteiger partial charge in [0.2, 0.25) is 5.91 Å². The highest BCUT2D eigenvalue weighted by atomic mass is 35.5. The van der Waals surface area contributed by atoms with Crippen molar-refractivity contribution in [3.8, 4) is 0 Å². The maximum Gasteiger partial charge on any atom is 0.227 e. The van der Waals surface area contributed by atoms with Gasteiger partial charge in [-0.2, -0.15) is 4.52 Å². The Balaban J connectivity index is 1.24. The Kier molecular flexibility index (Phi) is 4.80. The molecule has 0 N–H and O–H groups in total. The second-order valence-corrected chi connectivity index (χ2v) is 8.40. The van der Waals surface area contributed by atoms with Gasteiger partial charge in [0.25, 0.3) is 0 Å². The molecule has 3 aromatic rings. The van der Waals surface area contributed by atoms with Gasteiger partial charge in [-0.05, 0) is 42.7 Å². The average molecular weight is 431 g/mol. The van der Waals surface area contributed by atoms with Crippen LogP contribution in [0.4, 0.5) is 5.82 Å². The molecule has 0 bridgehead atoms. The lowest BCUT2D eigenvalue weighted by Crippen LogP contribution is -2.49. The molecule has 1 aliphatic heterocycles. The Morgan fingerprint density at radius 2 is 1.79 bits per heavy atom. The second-order valence-electron chi connectivity index (χ2n) is 7.59. The summed E-state index contributed by atoms with van der Waals surface area (Å²) in [6.45, 7) is 2.81. The lowest BCUT2D eigenvalue weighted by Gasteiger charge is -2.35. The molecule has 0 spiro atoms. The van der Waals surface area contributed by atoms with Crippen LogP contribution in [-0.4, -0.2) is 56.8 Å². The molecule has 7 nitrogen and oxygen atoms in total. The van der Waals surface area contributed by atoms with Gasteiger partial charge in [-0.3, -0.25) is 4.79 Å². The van der Waals surface area contributed by atoms with E-state index in [1.807, 2.05) is 27.6 Å². The number of hydrogen-bond acceptors (Lipinski definition) is 5. The van der Waals surface area contributed by atoms with Gasteiger partial charge in [0, 0.05) is 32.1 Å². The zero-order valence-electron chi connectivity index (χ0n) is 15.8. The van der Waals surface area contributed by atoms with E-state index in [1.165, 1.54) is 0 Å². The van der Waals surface area contributed by atoms with Crippen molar-refractivity contribution in [1.82, 2.24) is 24.7 Å². The predicted octanol–water partition coefficient (Wildman–Crippen LogP) is 3.20. The second kappa shape index (κ2) is 7.46. The molecule has 3 heterocycles. The summed E-state index contributed by atoms with van der Waals surface area (Å²) in [4.78, 5) is 16.8. The van der Waals surface area contributed by atoms with Gasteiger partial charge in [0.1, 0.15) is 5.82 Å². The molecule has 2 aromatic heterocycles. The van der Waals surface area contributed by atoms with Crippen molar-refractivity contribution >= 4 is 40.6 Å².